The first-order chi connectivity index (χ1) is 4.52. The van der Waals surface area contributed by atoms with Gasteiger partial charge in [0.1, 0.15) is 7.11 Å². The van der Waals surface area contributed by atoms with Crippen molar-refractivity contribution in [1.29, 1.82) is 0 Å². The van der Waals surface area contributed by atoms with Gasteiger partial charge in [-0.1, -0.05) is 25.9 Å². The Morgan fingerprint density at radius 1 is 1.50 bits per heavy atom. The zero-order valence-corrected chi connectivity index (χ0v) is 7.70. The highest BCUT2D eigenvalue weighted by Gasteiger charge is 2.18. The van der Waals surface area contributed by atoms with E-state index in [1.54, 1.807) is 0 Å². The predicted molar refractivity (Wildman–Crippen MR) is 44.6 cm³/mol. The lowest BCUT2D eigenvalue weighted by Gasteiger charge is -2.17. The van der Waals surface area contributed by atoms with Gasteiger partial charge in [0.05, 0.1) is 11.6 Å². The lowest BCUT2D eigenvalue weighted by atomic mass is 9.91. The summed E-state index contributed by atoms with van der Waals surface area (Å²) >= 11 is 5.62. The van der Waals surface area contributed by atoms with Gasteiger partial charge in [0.2, 0.25) is 0 Å². The van der Waals surface area contributed by atoms with Gasteiger partial charge in [0.15, 0.2) is 0 Å². The molecule has 0 saturated carbocycles. The van der Waals surface area contributed by atoms with Gasteiger partial charge in [-0.25, -0.2) is 0 Å². The molecule has 0 bridgehead atoms. The average molecular weight is 164 g/mol. The van der Waals surface area contributed by atoms with Crippen molar-refractivity contribution >= 4 is 17.3 Å². The Morgan fingerprint density at radius 3 is 2.10 bits per heavy atom. The second-order valence-corrected chi connectivity index (χ2v) is 3.37. The molecule has 10 heavy (non-hydrogen) atoms. The fraction of sp³-hybridized carbons (Fsp3) is 0.857. The average Bonchev–Trinajstić information content (AvgIpc) is 1.80. The van der Waals surface area contributed by atoms with Crippen molar-refractivity contribution in [1.82, 2.24) is 0 Å². The molecule has 0 heterocycles. The van der Waals surface area contributed by atoms with Gasteiger partial charge >= 0.3 is 0 Å². The summed E-state index contributed by atoms with van der Waals surface area (Å²) in [6, 6.07) is 0. The molecule has 0 radical (unpaired) electrons. The van der Waals surface area contributed by atoms with Crippen LogP contribution in [0.1, 0.15) is 20.8 Å². The summed E-state index contributed by atoms with van der Waals surface area (Å²) < 4.78 is 0. The van der Waals surface area contributed by atoms with E-state index in [0.717, 1.165) is 5.71 Å². The van der Waals surface area contributed by atoms with E-state index in [2.05, 4.69) is 9.99 Å². The molecule has 0 aliphatic rings. The van der Waals surface area contributed by atoms with Crippen molar-refractivity contribution in [2.75, 3.05) is 13.0 Å². The zero-order valence-electron chi connectivity index (χ0n) is 6.94. The molecule has 0 spiro atoms. The Bertz CT molecular complexity index is 126. The van der Waals surface area contributed by atoms with E-state index in [1.165, 1.54) is 7.11 Å². The molecule has 60 valence electrons. The van der Waals surface area contributed by atoms with Crippen LogP contribution in [0.2, 0.25) is 0 Å². The highest BCUT2D eigenvalue weighted by Crippen LogP contribution is 2.16. The molecular weight excluding hydrogens is 150 g/mol. The fourth-order valence-corrected chi connectivity index (χ4v) is 0.922. The SMILES string of the molecule is CON=C(CCl)C(C)(C)C. The predicted octanol–water partition coefficient (Wildman–Crippen LogP) is 2.27. The van der Waals surface area contributed by atoms with Crippen LogP contribution >= 0.6 is 11.6 Å². The summed E-state index contributed by atoms with van der Waals surface area (Å²) in [6.45, 7) is 6.15. The van der Waals surface area contributed by atoms with E-state index in [9.17, 15) is 0 Å². The van der Waals surface area contributed by atoms with E-state index in [1.807, 2.05) is 20.8 Å². The second kappa shape index (κ2) is 3.81. The largest absolute Gasteiger partial charge is 0.399 e. The summed E-state index contributed by atoms with van der Waals surface area (Å²) in [4.78, 5) is 4.62. The van der Waals surface area contributed by atoms with Gasteiger partial charge in [0, 0.05) is 5.41 Å². The standard InChI is InChI=1S/C7H14ClNO/c1-7(2,3)6(5-8)9-10-4/h5H2,1-4H3. The minimum absolute atomic E-state index is 0.0117. The highest BCUT2D eigenvalue weighted by atomic mass is 35.5. The van der Waals surface area contributed by atoms with E-state index in [0.29, 0.717) is 5.88 Å². The van der Waals surface area contributed by atoms with Crippen molar-refractivity contribution in [3.05, 3.63) is 0 Å². The highest BCUT2D eigenvalue weighted by molar-refractivity contribution is 6.29. The zero-order chi connectivity index (χ0) is 8.20. The van der Waals surface area contributed by atoms with Crippen LogP contribution in [0, 0.1) is 5.41 Å². The number of hydrogen-bond acceptors (Lipinski definition) is 2. The molecule has 0 amide bonds. The lowest BCUT2D eigenvalue weighted by molar-refractivity contribution is 0.209. The molecule has 0 unspecified atom stereocenters. The van der Waals surface area contributed by atoms with Gasteiger partial charge in [0.25, 0.3) is 0 Å². The summed E-state index contributed by atoms with van der Waals surface area (Å²) in [5.74, 6) is 0.428. The van der Waals surface area contributed by atoms with Crippen molar-refractivity contribution in [2.24, 2.45) is 10.6 Å². The van der Waals surface area contributed by atoms with Gasteiger partial charge in [-0.2, -0.15) is 0 Å². The maximum Gasteiger partial charge on any atom is 0.106 e. The Balaban J connectivity index is 4.21. The number of rotatable bonds is 2. The second-order valence-electron chi connectivity index (χ2n) is 3.10. The van der Waals surface area contributed by atoms with Crippen molar-refractivity contribution in [3.8, 4) is 0 Å². The summed E-state index contributed by atoms with van der Waals surface area (Å²) in [7, 11) is 1.53. The number of oxime groups is 1. The van der Waals surface area contributed by atoms with Crippen LogP contribution in [0.4, 0.5) is 0 Å². The normalized spacial score (nSPS) is 13.5. The van der Waals surface area contributed by atoms with Gasteiger partial charge < -0.3 is 4.84 Å². The molecule has 0 aliphatic heterocycles. The van der Waals surface area contributed by atoms with Crippen LogP contribution in [0.25, 0.3) is 0 Å². The van der Waals surface area contributed by atoms with Crippen LogP contribution in [-0.2, 0) is 4.84 Å². The maximum absolute atomic E-state index is 5.62. The van der Waals surface area contributed by atoms with Crippen LogP contribution < -0.4 is 0 Å². The minimum atomic E-state index is 0.0117. The van der Waals surface area contributed by atoms with E-state index in [-0.39, 0.29) is 5.41 Å². The molecule has 3 heteroatoms. The molecule has 0 rings (SSSR count). The van der Waals surface area contributed by atoms with Crippen molar-refractivity contribution in [3.63, 3.8) is 0 Å². The summed E-state index contributed by atoms with van der Waals surface area (Å²) in [6.07, 6.45) is 0. The van der Waals surface area contributed by atoms with Crippen molar-refractivity contribution < 1.29 is 4.84 Å². The summed E-state index contributed by atoms with van der Waals surface area (Å²) in [5, 5.41) is 3.80. The Hall–Kier alpha value is -0.240. The molecule has 2 nitrogen and oxygen atoms in total. The number of halogens is 1. The van der Waals surface area contributed by atoms with Gasteiger partial charge in [-0.05, 0) is 0 Å². The molecule has 0 atom stereocenters. The maximum atomic E-state index is 5.62. The van der Waals surface area contributed by atoms with Crippen LogP contribution in [-0.4, -0.2) is 18.7 Å². The third kappa shape index (κ3) is 3.06. The Morgan fingerprint density at radius 2 is 2.00 bits per heavy atom. The van der Waals surface area contributed by atoms with E-state index < -0.39 is 0 Å². The quantitative estimate of drug-likeness (QED) is 0.348. The van der Waals surface area contributed by atoms with Crippen LogP contribution in [0.15, 0.2) is 5.16 Å². The fourth-order valence-electron chi connectivity index (χ4n) is 0.472. The topological polar surface area (TPSA) is 21.6 Å². The minimum Gasteiger partial charge on any atom is -0.399 e. The molecule has 0 saturated heterocycles. The molecule has 0 aromatic rings. The molecule has 0 fully saturated rings. The molecule has 0 aliphatic carbocycles. The van der Waals surface area contributed by atoms with Crippen LogP contribution in [0.3, 0.4) is 0 Å². The monoisotopic (exact) mass is 163 g/mol. The number of alkyl halides is 1. The Kier molecular flexibility index (Phi) is 3.72. The lowest BCUT2D eigenvalue weighted by Crippen LogP contribution is -2.21. The third-order valence-corrected chi connectivity index (χ3v) is 1.45. The molecule has 0 N–H and O–H groups in total. The first-order valence-electron chi connectivity index (χ1n) is 3.19. The van der Waals surface area contributed by atoms with Gasteiger partial charge in [-0.3, -0.25) is 0 Å². The molecule has 0 aromatic heterocycles. The van der Waals surface area contributed by atoms with E-state index >= 15 is 0 Å². The number of hydrogen-bond donors (Lipinski definition) is 0. The molecule has 0 aromatic carbocycles. The van der Waals surface area contributed by atoms with Gasteiger partial charge in [-0.15, -0.1) is 11.6 Å². The Labute approximate surface area is 67.2 Å². The third-order valence-electron chi connectivity index (χ3n) is 1.19. The van der Waals surface area contributed by atoms with Crippen LogP contribution in [0.5, 0.6) is 0 Å². The molecular formula is C7H14ClNO. The summed E-state index contributed by atoms with van der Waals surface area (Å²) in [5.41, 5.74) is 0.884. The number of nitrogens with zero attached hydrogens (tertiary/aromatic N) is 1. The first-order valence-corrected chi connectivity index (χ1v) is 3.72. The smallest absolute Gasteiger partial charge is 0.106 e. The van der Waals surface area contributed by atoms with E-state index in [4.69, 9.17) is 11.6 Å². The van der Waals surface area contributed by atoms with Crippen molar-refractivity contribution in [2.45, 2.75) is 20.8 Å². The first kappa shape index (κ1) is 9.76.